The molecule has 0 heterocycles. The van der Waals surface area contributed by atoms with E-state index in [1.54, 1.807) is 12.1 Å². The summed E-state index contributed by atoms with van der Waals surface area (Å²) in [6.45, 7) is 2.93. The third kappa shape index (κ3) is 2.48. The highest BCUT2D eigenvalue weighted by Gasteiger charge is 2.29. The third-order valence-electron chi connectivity index (χ3n) is 4.21. The van der Waals surface area contributed by atoms with E-state index in [2.05, 4.69) is 36.5 Å². The topological polar surface area (TPSA) is 12.0 Å². The second-order valence-corrected chi connectivity index (χ2v) is 5.47. The van der Waals surface area contributed by atoms with E-state index in [1.165, 1.54) is 11.1 Å². The van der Waals surface area contributed by atoms with Gasteiger partial charge in [0.25, 0.3) is 0 Å². The van der Waals surface area contributed by atoms with Gasteiger partial charge in [0.05, 0.1) is 0 Å². The molecule has 2 atom stereocenters. The van der Waals surface area contributed by atoms with Crippen molar-refractivity contribution in [1.29, 1.82) is 0 Å². The first-order valence-corrected chi connectivity index (χ1v) is 7.35. The van der Waals surface area contributed by atoms with Crippen molar-refractivity contribution in [2.75, 3.05) is 6.54 Å². The summed E-state index contributed by atoms with van der Waals surface area (Å²) in [5.74, 6) is 0.445. The number of benzene rings is 2. The zero-order valence-corrected chi connectivity index (χ0v) is 11.8. The molecule has 2 heteroatoms. The monoisotopic (exact) mass is 269 g/mol. The summed E-state index contributed by atoms with van der Waals surface area (Å²) in [5, 5.41) is 3.43. The molecule has 2 aromatic carbocycles. The molecule has 0 fully saturated rings. The number of hydrogen-bond donors (Lipinski definition) is 1. The molecule has 104 valence electrons. The average Bonchev–Trinajstić information content (AvgIpc) is 2.44. The van der Waals surface area contributed by atoms with E-state index in [9.17, 15) is 4.39 Å². The van der Waals surface area contributed by atoms with Crippen molar-refractivity contribution in [3.8, 4) is 0 Å². The Balaban J connectivity index is 1.78. The van der Waals surface area contributed by atoms with E-state index in [4.69, 9.17) is 0 Å². The van der Waals surface area contributed by atoms with Crippen molar-refractivity contribution in [1.82, 2.24) is 5.32 Å². The van der Waals surface area contributed by atoms with Crippen LogP contribution in [-0.4, -0.2) is 6.54 Å². The smallest absolute Gasteiger partial charge is 0.127 e. The van der Waals surface area contributed by atoms with Gasteiger partial charge in [-0.3, -0.25) is 0 Å². The van der Waals surface area contributed by atoms with Gasteiger partial charge < -0.3 is 5.32 Å². The van der Waals surface area contributed by atoms with Gasteiger partial charge in [-0.2, -0.15) is 0 Å². The second-order valence-electron chi connectivity index (χ2n) is 5.47. The average molecular weight is 269 g/mol. The van der Waals surface area contributed by atoms with E-state index in [1.807, 2.05) is 12.1 Å². The lowest BCUT2D eigenvalue weighted by molar-refractivity contribution is 0.422. The summed E-state index contributed by atoms with van der Waals surface area (Å²) in [7, 11) is 0. The number of hydrogen-bond acceptors (Lipinski definition) is 1. The van der Waals surface area contributed by atoms with Gasteiger partial charge in [0.15, 0.2) is 0 Å². The highest BCUT2D eigenvalue weighted by atomic mass is 19.1. The molecular formula is C18H20FN. The van der Waals surface area contributed by atoms with Crippen LogP contribution >= 0.6 is 0 Å². The molecule has 3 rings (SSSR count). The van der Waals surface area contributed by atoms with Crippen LogP contribution in [0.15, 0.2) is 48.5 Å². The van der Waals surface area contributed by atoms with Gasteiger partial charge in [0, 0.05) is 11.6 Å². The summed E-state index contributed by atoms with van der Waals surface area (Å²) < 4.78 is 14.0. The van der Waals surface area contributed by atoms with E-state index in [0.29, 0.717) is 5.92 Å². The van der Waals surface area contributed by atoms with Gasteiger partial charge in [-0.1, -0.05) is 49.4 Å². The molecule has 1 nitrogen and oxygen atoms in total. The van der Waals surface area contributed by atoms with Crippen LogP contribution in [0.5, 0.6) is 0 Å². The van der Waals surface area contributed by atoms with Crippen molar-refractivity contribution in [3.05, 3.63) is 71.0 Å². The quantitative estimate of drug-likeness (QED) is 0.857. The molecule has 0 aliphatic heterocycles. The Labute approximate surface area is 119 Å². The van der Waals surface area contributed by atoms with Crippen molar-refractivity contribution in [2.45, 2.75) is 31.7 Å². The van der Waals surface area contributed by atoms with Crippen LogP contribution in [0.4, 0.5) is 4.39 Å². The van der Waals surface area contributed by atoms with E-state index >= 15 is 0 Å². The van der Waals surface area contributed by atoms with Gasteiger partial charge in [-0.25, -0.2) is 4.39 Å². The van der Waals surface area contributed by atoms with Crippen LogP contribution in [0.3, 0.4) is 0 Å². The van der Waals surface area contributed by atoms with Gasteiger partial charge in [-0.05, 0) is 42.5 Å². The van der Waals surface area contributed by atoms with Crippen LogP contribution in [0.25, 0.3) is 0 Å². The Hall–Kier alpha value is -1.67. The van der Waals surface area contributed by atoms with Gasteiger partial charge in [0.2, 0.25) is 0 Å². The molecule has 1 aliphatic rings. The van der Waals surface area contributed by atoms with Crippen molar-refractivity contribution in [3.63, 3.8) is 0 Å². The van der Waals surface area contributed by atoms with Crippen LogP contribution < -0.4 is 5.32 Å². The zero-order chi connectivity index (χ0) is 13.9. The van der Waals surface area contributed by atoms with Crippen LogP contribution in [0, 0.1) is 5.82 Å². The Morgan fingerprint density at radius 1 is 1.15 bits per heavy atom. The van der Waals surface area contributed by atoms with Crippen molar-refractivity contribution in [2.24, 2.45) is 0 Å². The van der Waals surface area contributed by atoms with Gasteiger partial charge in [-0.15, -0.1) is 0 Å². The lowest BCUT2D eigenvalue weighted by Gasteiger charge is -2.33. The van der Waals surface area contributed by atoms with Gasteiger partial charge in [0.1, 0.15) is 5.82 Å². The summed E-state index contributed by atoms with van der Waals surface area (Å²) in [4.78, 5) is 0. The normalized spacial score (nSPS) is 18.2. The van der Waals surface area contributed by atoms with Crippen molar-refractivity contribution >= 4 is 0 Å². The third-order valence-corrected chi connectivity index (χ3v) is 4.21. The fourth-order valence-corrected chi connectivity index (χ4v) is 3.18. The largest absolute Gasteiger partial charge is 0.310 e. The van der Waals surface area contributed by atoms with Crippen LogP contribution in [0.1, 0.15) is 42.0 Å². The first-order valence-electron chi connectivity index (χ1n) is 7.35. The minimum Gasteiger partial charge on any atom is -0.310 e. The zero-order valence-electron chi connectivity index (χ0n) is 11.8. The molecule has 0 saturated heterocycles. The van der Waals surface area contributed by atoms with Gasteiger partial charge >= 0.3 is 0 Å². The Bertz CT molecular complexity index is 593. The fraction of sp³-hybridized carbons (Fsp3) is 0.333. The first kappa shape index (κ1) is 13.3. The summed E-state index contributed by atoms with van der Waals surface area (Å²) in [6, 6.07) is 15.8. The molecule has 1 N–H and O–H groups in total. The molecule has 0 saturated carbocycles. The minimum absolute atomic E-state index is 0.0968. The van der Waals surface area contributed by atoms with E-state index in [0.717, 1.165) is 24.9 Å². The highest BCUT2D eigenvalue weighted by molar-refractivity contribution is 5.40. The Kier molecular flexibility index (Phi) is 3.83. The maximum atomic E-state index is 14.0. The Morgan fingerprint density at radius 2 is 1.90 bits per heavy atom. The lowest BCUT2D eigenvalue weighted by atomic mass is 9.73. The van der Waals surface area contributed by atoms with Crippen molar-refractivity contribution < 1.29 is 4.39 Å². The fourth-order valence-electron chi connectivity index (χ4n) is 3.18. The highest BCUT2D eigenvalue weighted by Crippen LogP contribution is 2.40. The summed E-state index contributed by atoms with van der Waals surface area (Å²) in [5.41, 5.74) is 3.67. The Morgan fingerprint density at radius 3 is 2.65 bits per heavy atom. The molecule has 0 spiro atoms. The molecule has 20 heavy (non-hydrogen) atoms. The number of fused-ring (bicyclic) bond motifs is 1. The molecular weight excluding hydrogens is 249 g/mol. The molecule has 2 aromatic rings. The van der Waals surface area contributed by atoms with Crippen LogP contribution in [-0.2, 0) is 6.42 Å². The predicted molar refractivity (Wildman–Crippen MR) is 80.3 cm³/mol. The molecule has 0 amide bonds. The predicted octanol–water partition coefficient (Wildman–Crippen LogP) is 4.21. The molecule has 1 aliphatic carbocycles. The summed E-state index contributed by atoms with van der Waals surface area (Å²) >= 11 is 0. The van der Waals surface area contributed by atoms with E-state index in [-0.39, 0.29) is 11.9 Å². The maximum absolute atomic E-state index is 14.0. The standard InChI is InChI=1S/C18H20FN/c1-2-20-18(16-9-5-6-10-17(16)19)12-14-11-13-7-3-4-8-15(13)14/h3-10,14,18,20H,2,11-12H2,1H3. The second kappa shape index (κ2) is 5.76. The number of rotatable bonds is 5. The molecule has 2 unspecified atom stereocenters. The minimum atomic E-state index is -0.106. The maximum Gasteiger partial charge on any atom is 0.127 e. The summed E-state index contributed by atoms with van der Waals surface area (Å²) in [6.07, 6.45) is 2.08. The number of nitrogens with one attached hydrogen (secondary N) is 1. The molecule has 0 bridgehead atoms. The molecule has 0 radical (unpaired) electrons. The molecule has 0 aromatic heterocycles. The number of halogens is 1. The SMILES string of the molecule is CCNC(CC1Cc2ccccc21)c1ccccc1F. The lowest BCUT2D eigenvalue weighted by Crippen LogP contribution is -2.27. The van der Waals surface area contributed by atoms with Crippen LogP contribution in [0.2, 0.25) is 0 Å². The van der Waals surface area contributed by atoms with E-state index < -0.39 is 0 Å². The first-order chi connectivity index (χ1) is 9.79.